The number of benzene rings is 2. The maximum absolute atomic E-state index is 12.4. The van der Waals surface area contributed by atoms with Crippen molar-refractivity contribution in [2.75, 3.05) is 19.0 Å². The highest BCUT2D eigenvalue weighted by atomic mass is 35.5. The third-order valence-electron chi connectivity index (χ3n) is 4.35. The minimum atomic E-state index is -0.308. The zero-order valence-corrected chi connectivity index (χ0v) is 15.8. The van der Waals surface area contributed by atoms with Crippen LogP contribution in [0.15, 0.2) is 36.4 Å². The van der Waals surface area contributed by atoms with E-state index in [1.54, 1.807) is 36.4 Å². The van der Waals surface area contributed by atoms with E-state index in [0.29, 0.717) is 34.0 Å². The highest BCUT2D eigenvalue weighted by Gasteiger charge is 2.34. The molecule has 0 aromatic heterocycles. The van der Waals surface area contributed by atoms with Crippen molar-refractivity contribution >= 4 is 35.0 Å². The lowest BCUT2D eigenvalue weighted by Crippen LogP contribution is -2.31. The number of imide groups is 1. The van der Waals surface area contributed by atoms with Crippen molar-refractivity contribution in [3.63, 3.8) is 0 Å². The Hall–Kier alpha value is -2.86. The number of aryl methyl sites for hydroxylation is 1. The van der Waals surface area contributed by atoms with Crippen LogP contribution >= 0.6 is 11.6 Å². The maximum atomic E-state index is 12.4. The van der Waals surface area contributed by atoms with Crippen LogP contribution in [-0.2, 0) is 4.79 Å². The molecule has 0 unspecified atom stereocenters. The van der Waals surface area contributed by atoms with Gasteiger partial charge in [-0.05, 0) is 43.7 Å². The fourth-order valence-electron chi connectivity index (χ4n) is 2.97. The van der Waals surface area contributed by atoms with Gasteiger partial charge in [0, 0.05) is 18.7 Å². The van der Waals surface area contributed by atoms with Gasteiger partial charge in [0.05, 0.1) is 23.3 Å². The fraction of sp³-hybridized carbons (Fsp3) is 0.250. The van der Waals surface area contributed by atoms with Gasteiger partial charge in [-0.15, -0.1) is 0 Å². The molecule has 0 saturated heterocycles. The predicted octanol–water partition coefficient (Wildman–Crippen LogP) is 3.67. The number of hydrogen-bond donors (Lipinski definition) is 1. The third-order valence-corrected chi connectivity index (χ3v) is 4.64. The second kappa shape index (κ2) is 7.80. The summed E-state index contributed by atoms with van der Waals surface area (Å²) in [6.07, 6.45) is 0.552. The third kappa shape index (κ3) is 3.95. The summed E-state index contributed by atoms with van der Waals surface area (Å²) >= 11 is 6.03. The first kappa shape index (κ1) is 18.9. The van der Waals surface area contributed by atoms with E-state index in [1.165, 1.54) is 12.0 Å². The molecule has 0 spiro atoms. The predicted molar refractivity (Wildman–Crippen MR) is 102 cm³/mol. The monoisotopic (exact) mass is 386 g/mol. The highest BCUT2D eigenvalue weighted by Crippen LogP contribution is 2.27. The molecule has 1 N–H and O–H groups in total. The Kier molecular flexibility index (Phi) is 5.46. The van der Waals surface area contributed by atoms with Gasteiger partial charge in [-0.3, -0.25) is 19.3 Å². The van der Waals surface area contributed by atoms with Crippen LogP contribution < -0.4 is 10.1 Å². The molecule has 1 aliphatic rings. The number of hydrogen-bond acceptors (Lipinski definition) is 4. The first-order valence-electron chi connectivity index (χ1n) is 8.51. The summed E-state index contributed by atoms with van der Waals surface area (Å²) in [7, 11) is 1.51. The average molecular weight is 387 g/mol. The molecule has 0 bridgehead atoms. The lowest BCUT2D eigenvalue weighted by atomic mass is 10.1. The molecule has 7 heteroatoms. The number of ether oxygens (including phenoxy) is 1. The van der Waals surface area contributed by atoms with Crippen LogP contribution in [0.1, 0.15) is 39.1 Å². The van der Waals surface area contributed by atoms with Crippen molar-refractivity contribution in [3.05, 3.63) is 58.1 Å². The molecule has 0 fully saturated rings. The first-order chi connectivity index (χ1) is 12.9. The van der Waals surface area contributed by atoms with E-state index in [9.17, 15) is 14.4 Å². The van der Waals surface area contributed by atoms with E-state index in [2.05, 4.69) is 5.32 Å². The summed E-state index contributed by atoms with van der Waals surface area (Å²) < 4.78 is 5.07. The van der Waals surface area contributed by atoms with Crippen LogP contribution in [0, 0.1) is 6.92 Å². The fourth-order valence-corrected chi connectivity index (χ4v) is 3.23. The average Bonchev–Trinajstić information content (AvgIpc) is 2.86. The molecule has 3 amide bonds. The minimum Gasteiger partial charge on any atom is -0.495 e. The van der Waals surface area contributed by atoms with Crippen LogP contribution in [0.3, 0.4) is 0 Å². The van der Waals surface area contributed by atoms with Gasteiger partial charge < -0.3 is 10.1 Å². The lowest BCUT2D eigenvalue weighted by molar-refractivity contribution is -0.116. The Bertz CT molecular complexity index is 926. The molecule has 0 radical (unpaired) electrons. The van der Waals surface area contributed by atoms with Crippen LogP contribution in [0.5, 0.6) is 5.75 Å². The largest absolute Gasteiger partial charge is 0.495 e. The molecule has 3 rings (SSSR count). The summed E-state index contributed by atoms with van der Waals surface area (Å²) in [4.78, 5) is 38.1. The number of amides is 3. The Balaban J connectivity index is 1.54. The maximum Gasteiger partial charge on any atom is 0.261 e. The van der Waals surface area contributed by atoms with Gasteiger partial charge in [0.25, 0.3) is 11.8 Å². The summed E-state index contributed by atoms with van der Waals surface area (Å²) in [6, 6.07) is 10.2. The molecule has 6 nitrogen and oxygen atoms in total. The lowest BCUT2D eigenvalue weighted by Gasteiger charge is -2.13. The zero-order chi connectivity index (χ0) is 19.6. The summed E-state index contributed by atoms with van der Waals surface area (Å²) in [5.41, 5.74) is 2.33. The molecule has 140 valence electrons. The number of carbonyl (C=O) groups excluding carboxylic acids is 3. The smallest absolute Gasteiger partial charge is 0.261 e. The molecule has 0 atom stereocenters. The number of nitrogens with one attached hydrogen (secondary N) is 1. The zero-order valence-electron chi connectivity index (χ0n) is 15.0. The number of carbonyl (C=O) groups is 3. The van der Waals surface area contributed by atoms with Gasteiger partial charge in [0.1, 0.15) is 5.75 Å². The molecule has 2 aromatic rings. The van der Waals surface area contributed by atoms with E-state index in [-0.39, 0.29) is 30.7 Å². The first-order valence-corrected chi connectivity index (χ1v) is 8.88. The normalized spacial score (nSPS) is 12.9. The number of nitrogens with zero attached hydrogens (tertiary/aromatic N) is 1. The van der Waals surface area contributed by atoms with E-state index >= 15 is 0 Å². The van der Waals surface area contributed by atoms with Crippen molar-refractivity contribution in [2.45, 2.75) is 19.8 Å². The number of halogens is 1. The van der Waals surface area contributed by atoms with Crippen molar-refractivity contribution in [2.24, 2.45) is 0 Å². The highest BCUT2D eigenvalue weighted by molar-refractivity contribution is 6.32. The van der Waals surface area contributed by atoms with Crippen LogP contribution in [0.2, 0.25) is 5.02 Å². The number of rotatable bonds is 6. The second-order valence-corrected chi connectivity index (χ2v) is 6.72. The Morgan fingerprint density at radius 3 is 2.56 bits per heavy atom. The molecule has 27 heavy (non-hydrogen) atoms. The summed E-state index contributed by atoms with van der Waals surface area (Å²) in [6.45, 7) is 2.07. The second-order valence-electron chi connectivity index (χ2n) is 6.31. The molecular weight excluding hydrogens is 368 g/mol. The van der Waals surface area contributed by atoms with Gasteiger partial charge in [0.2, 0.25) is 5.91 Å². The SMILES string of the molecule is COc1ccc(NC(=O)CCCN2C(=O)c3ccc(C)cc3C2=O)cc1Cl. The Labute approximate surface area is 162 Å². The number of methoxy groups -OCH3 is 1. The summed E-state index contributed by atoms with van der Waals surface area (Å²) in [5, 5.41) is 3.14. The van der Waals surface area contributed by atoms with Crippen molar-refractivity contribution in [3.8, 4) is 5.75 Å². The van der Waals surface area contributed by atoms with Crippen LogP contribution in [0.25, 0.3) is 0 Å². The Morgan fingerprint density at radius 1 is 1.11 bits per heavy atom. The standard InChI is InChI=1S/C20H19ClN2O4/c1-12-5-7-14-15(10-12)20(26)23(19(14)25)9-3-4-18(24)22-13-6-8-17(27-2)16(21)11-13/h5-8,10-11H,3-4,9H2,1-2H3,(H,22,24). The summed E-state index contributed by atoms with van der Waals surface area (Å²) in [5.74, 6) is -0.308. The van der Waals surface area contributed by atoms with Gasteiger partial charge in [-0.25, -0.2) is 0 Å². The molecule has 2 aromatic carbocycles. The van der Waals surface area contributed by atoms with Gasteiger partial charge in [-0.2, -0.15) is 0 Å². The van der Waals surface area contributed by atoms with Crippen molar-refractivity contribution in [1.29, 1.82) is 0 Å². The van der Waals surface area contributed by atoms with E-state index in [1.807, 2.05) is 6.92 Å². The van der Waals surface area contributed by atoms with Gasteiger partial charge in [0.15, 0.2) is 0 Å². The van der Waals surface area contributed by atoms with Gasteiger partial charge in [-0.1, -0.05) is 23.2 Å². The van der Waals surface area contributed by atoms with Crippen LogP contribution in [-0.4, -0.2) is 36.3 Å². The van der Waals surface area contributed by atoms with Gasteiger partial charge >= 0.3 is 0 Å². The minimum absolute atomic E-state index is 0.177. The molecule has 1 heterocycles. The van der Waals surface area contributed by atoms with E-state index < -0.39 is 0 Å². The van der Waals surface area contributed by atoms with E-state index in [4.69, 9.17) is 16.3 Å². The van der Waals surface area contributed by atoms with E-state index in [0.717, 1.165) is 5.56 Å². The molecule has 0 saturated carbocycles. The topological polar surface area (TPSA) is 75.7 Å². The molecular formula is C20H19ClN2O4. The quantitative estimate of drug-likeness (QED) is 0.768. The molecule has 1 aliphatic heterocycles. The van der Waals surface area contributed by atoms with Crippen LogP contribution in [0.4, 0.5) is 5.69 Å². The van der Waals surface area contributed by atoms with Crippen molar-refractivity contribution < 1.29 is 19.1 Å². The molecule has 0 aliphatic carbocycles. The number of fused-ring (bicyclic) bond motifs is 1. The van der Waals surface area contributed by atoms with Crippen molar-refractivity contribution in [1.82, 2.24) is 4.90 Å². The number of anilines is 1. The Morgan fingerprint density at radius 2 is 1.85 bits per heavy atom.